The van der Waals surface area contributed by atoms with Crippen LogP contribution in [0, 0.1) is 0 Å². The Labute approximate surface area is 152 Å². The van der Waals surface area contributed by atoms with Crippen molar-refractivity contribution in [3.05, 3.63) is 72.3 Å². The second kappa shape index (κ2) is 8.16. The van der Waals surface area contributed by atoms with Crippen LogP contribution in [-0.2, 0) is 4.79 Å². The van der Waals surface area contributed by atoms with E-state index in [1.165, 1.54) is 0 Å². The monoisotopic (exact) mass is 347 g/mol. The molecule has 1 atom stereocenters. The van der Waals surface area contributed by atoms with Crippen molar-refractivity contribution in [1.29, 1.82) is 0 Å². The molecule has 0 radical (unpaired) electrons. The Morgan fingerprint density at radius 3 is 2.58 bits per heavy atom. The van der Waals surface area contributed by atoms with Crippen LogP contribution in [0.5, 0.6) is 5.75 Å². The number of hydrogen-bond acceptors (Lipinski definition) is 4. The number of para-hydroxylation sites is 1. The van der Waals surface area contributed by atoms with Crippen LogP contribution in [0.2, 0.25) is 0 Å². The van der Waals surface area contributed by atoms with E-state index in [0.717, 1.165) is 22.0 Å². The van der Waals surface area contributed by atoms with E-state index < -0.39 is 6.04 Å². The van der Waals surface area contributed by atoms with Gasteiger partial charge in [-0.15, -0.1) is 0 Å². The van der Waals surface area contributed by atoms with Crippen LogP contribution in [0.25, 0.3) is 10.8 Å². The Balaban J connectivity index is 1.61. The lowest BCUT2D eigenvalue weighted by molar-refractivity contribution is -0.121. The van der Waals surface area contributed by atoms with Gasteiger partial charge in [0.1, 0.15) is 11.8 Å². The molecule has 0 fully saturated rings. The number of hydrazone groups is 1. The third-order valence-electron chi connectivity index (χ3n) is 4.04. The summed E-state index contributed by atoms with van der Waals surface area (Å²) in [5.74, 6) is 0.483. The van der Waals surface area contributed by atoms with Crippen LogP contribution in [0.15, 0.2) is 71.8 Å². The van der Waals surface area contributed by atoms with Crippen LogP contribution >= 0.6 is 0 Å². The van der Waals surface area contributed by atoms with E-state index in [9.17, 15) is 4.79 Å². The van der Waals surface area contributed by atoms with Crippen molar-refractivity contribution in [3.63, 3.8) is 0 Å². The summed E-state index contributed by atoms with van der Waals surface area (Å²) in [5.41, 5.74) is 4.24. The van der Waals surface area contributed by atoms with Crippen LogP contribution in [0.4, 0.5) is 5.69 Å². The van der Waals surface area contributed by atoms with E-state index in [2.05, 4.69) is 21.9 Å². The van der Waals surface area contributed by atoms with Crippen molar-refractivity contribution >= 4 is 28.6 Å². The fourth-order valence-corrected chi connectivity index (χ4v) is 2.63. The number of anilines is 1. The topological polar surface area (TPSA) is 62.7 Å². The predicted octanol–water partition coefficient (Wildman–Crippen LogP) is 3.80. The SMILES string of the molecule is COc1ccccc1/C=N/NC(=O)C(C)Nc1ccc2ccccc2c1. The molecule has 0 saturated carbocycles. The normalized spacial score (nSPS) is 12.1. The number of carbonyl (C=O) groups is 1. The fourth-order valence-electron chi connectivity index (χ4n) is 2.63. The molecule has 0 bridgehead atoms. The number of nitrogens with zero attached hydrogens (tertiary/aromatic N) is 1. The predicted molar refractivity (Wildman–Crippen MR) is 106 cm³/mol. The smallest absolute Gasteiger partial charge is 0.262 e. The second-order valence-corrected chi connectivity index (χ2v) is 5.90. The maximum absolute atomic E-state index is 12.2. The lowest BCUT2D eigenvalue weighted by atomic mass is 10.1. The van der Waals surface area contributed by atoms with Gasteiger partial charge in [0.2, 0.25) is 0 Å². The second-order valence-electron chi connectivity index (χ2n) is 5.90. The number of methoxy groups -OCH3 is 1. The molecule has 3 aromatic rings. The quantitative estimate of drug-likeness (QED) is 0.527. The molecule has 0 heterocycles. The summed E-state index contributed by atoms with van der Waals surface area (Å²) in [4.78, 5) is 12.2. The molecule has 26 heavy (non-hydrogen) atoms. The van der Waals surface area contributed by atoms with Crippen molar-refractivity contribution in [1.82, 2.24) is 5.43 Å². The van der Waals surface area contributed by atoms with E-state index in [1.807, 2.05) is 60.7 Å². The Hall–Kier alpha value is -3.34. The van der Waals surface area contributed by atoms with Gasteiger partial charge in [0.25, 0.3) is 5.91 Å². The molecule has 3 aromatic carbocycles. The minimum absolute atomic E-state index is 0.218. The van der Waals surface area contributed by atoms with Gasteiger partial charge in [-0.25, -0.2) is 5.43 Å². The molecule has 5 nitrogen and oxygen atoms in total. The highest BCUT2D eigenvalue weighted by Crippen LogP contribution is 2.19. The lowest BCUT2D eigenvalue weighted by Crippen LogP contribution is -2.34. The van der Waals surface area contributed by atoms with Gasteiger partial charge in [-0.2, -0.15) is 5.10 Å². The van der Waals surface area contributed by atoms with Gasteiger partial charge in [-0.1, -0.05) is 42.5 Å². The average molecular weight is 347 g/mol. The van der Waals surface area contributed by atoms with Gasteiger partial charge in [0.05, 0.1) is 13.3 Å². The number of amides is 1. The summed E-state index contributed by atoms with van der Waals surface area (Å²) >= 11 is 0. The highest BCUT2D eigenvalue weighted by molar-refractivity contribution is 5.89. The summed E-state index contributed by atoms with van der Waals surface area (Å²) in [6.07, 6.45) is 1.57. The molecule has 3 rings (SSSR count). The number of rotatable bonds is 6. The molecule has 1 unspecified atom stereocenters. The summed E-state index contributed by atoms with van der Waals surface area (Å²) in [6.45, 7) is 1.79. The molecule has 0 aromatic heterocycles. The molecular weight excluding hydrogens is 326 g/mol. The Kier molecular flexibility index (Phi) is 5.49. The maximum Gasteiger partial charge on any atom is 0.262 e. The van der Waals surface area contributed by atoms with Crippen molar-refractivity contribution in [2.75, 3.05) is 12.4 Å². The molecule has 2 N–H and O–H groups in total. The average Bonchev–Trinajstić information content (AvgIpc) is 2.68. The fraction of sp³-hybridized carbons (Fsp3) is 0.143. The molecule has 0 spiro atoms. The molecule has 132 valence electrons. The number of fused-ring (bicyclic) bond motifs is 1. The number of benzene rings is 3. The number of nitrogens with one attached hydrogen (secondary N) is 2. The summed E-state index contributed by atoms with van der Waals surface area (Å²) in [6, 6.07) is 21.2. The van der Waals surface area contributed by atoms with Gasteiger partial charge in [0, 0.05) is 11.3 Å². The first kappa shape index (κ1) is 17.5. The van der Waals surface area contributed by atoms with E-state index in [0.29, 0.717) is 5.75 Å². The third kappa shape index (κ3) is 4.19. The van der Waals surface area contributed by atoms with Crippen LogP contribution in [0.1, 0.15) is 12.5 Å². The van der Waals surface area contributed by atoms with Crippen LogP contribution in [-0.4, -0.2) is 25.3 Å². The Morgan fingerprint density at radius 1 is 1.04 bits per heavy atom. The van der Waals surface area contributed by atoms with Crippen LogP contribution in [0.3, 0.4) is 0 Å². The van der Waals surface area contributed by atoms with E-state index in [-0.39, 0.29) is 5.91 Å². The van der Waals surface area contributed by atoms with Crippen molar-refractivity contribution in [2.24, 2.45) is 5.10 Å². The minimum Gasteiger partial charge on any atom is -0.496 e. The Morgan fingerprint density at radius 2 is 1.77 bits per heavy atom. The number of carbonyl (C=O) groups excluding carboxylic acids is 1. The first-order valence-electron chi connectivity index (χ1n) is 8.38. The van der Waals surface area contributed by atoms with Gasteiger partial charge in [0.15, 0.2) is 0 Å². The zero-order chi connectivity index (χ0) is 18.4. The van der Waals surface area contributed by atoms with Crippen molar-refractivity contribution in [3.8, 4) is 5.75 Å². The van der Waals surface area contributed by atoms with E-state index in [4.69, 9.17) is 4.74 Å². The highest BCUT2D eigenvalue weighted by Gasteiger charge is 2.12. The molecule has 5 heteroatoms. The van der Waals surface area contributed by atoms with Crippen molar-refractivity contribution < 1.29 is 9.53 Å². The molecular formula is C21H21N3O2. The highest BCUT2D eigenvalue weighted by atomic mass is 16.5. The number of hydrogen-bond donors (Lipinski definition) is 2. The van der Waals surface area contributed by atoms with Gasteiger partial charge < -0.3 is 10.1 Å². The largest absolute Gasteiger partial charge is 0.496 e. The maximum atomic E-state index is 12.2. The zero-order valence-corrected chi connectivity index (χ0v) is 14.8. The molecule has 0 saturated heterocycles. The first-order chi connectivity index (χ1) is 12.7. The Bertz CT molecular complexity index is 937. The van der Waals surface area contributed by atoms with Gasteiger partial charge >= 0.3 is 0 Å². The van der Waals surface area contributed by atoms with E-state index >= 15 is 0 Å². The van der Waals surface area contributed by atoms with E-state index in [1.54, 1.807) is 20.2 Å². The lowest BCUT2D eigenvalue weighted by Gasteiger charge is -2.14. The summed E-state index contributed by atoms with van der Waals surface area (Å²) in [5, 5.41) is 9.50. The van der Waals surface area contributed by atoms with Gasteiger partial charge in [-0.05, 0) is 42.0 Å². The van der Waals surface area contributed by atoms with Crippen LogP contribution < -0.4 is 15.5 Å². The third-order valence-corrected chi connectivity index (χ3v) is 4.04. The first-order valence-corrected chi connectivity index (χ1v) is 8.38. The summed E-state index contributed by atoms with van der Waals surface area (Å²) < 4.78 is 5.25. The molecule has 0 aliphatic heterocycles. The number of ether oxygens (including phenoxy) is 1. The zero-order valence-electron chi connectivity index (χ0n) is 14.8. The van der Waals surface area contributed by atoms with Gasteiger partial charge in [-0.3, -0.25) is 4.79 Å². The standard InChI is InChI=1S/C21H21N3O2/c1-15(23-19-12-11-16-7-3-4-8-17(16)13-19)21(25)24-22-14-18-9-5-6-10-20(18)26-2/h3-15,23H,1-2H3,(H,24,25)/b22-14+. The summed E-state index contributed by atoms with van der Waals surface area (Å²) in [7, 11) is 1.60. The minimum atomic E-state index is -0.425. The molecule has 1 amide bonds. The molecule has 0 aliphatic rings. The van der Waals surface area contributed by atoms with Crippen molar-refractivity contribution in [2.45, 2.75) is 13.0 Å². The molecule has 0 aliphatic carbocycles.